The molecule has 0 unspecified atom stereocenters. The van der Waals surface area contributed by atoms with E-state index in [4.69, 9.17) is 4.74 Å². The molecule has 0 saturated carbocycles. The Morgan fingerprint density at radius 3 is 2.55 bits per heavy atom. The smallest absolute Gasteiger partial charge is 0.0506 e. The average molecular weight is 400 g/mol. The lowest BCUT2D eigenvalue weighted by atomic mass is 9.91. The lowest BCUT2D eigenvalue weighted by Gasteiger charge is -2.46. The van der Waals surface area contributed by atoms with Gasteiger partial charge in [0.2, 0.25) is 0 Å². The first-order chi connectivity index (χ1) is 14.4. The van der Waals surface area contributed by atoms with Crippen molar-refractivity contribution in [1.82, 2.24) is 14.7 Å². The van der Waals surface area contributed by atoms with Crippen LogP contribution < -0.4 is 0 Å². The van der Waals surface area contributed by atoms with E-state index in [2.05, 4.69) is 45.0 Å². The molecule has 0 aromatic heterocycles. The summed E-state index contributed by atoms with van der Waals surface area (Å²) in [7, 11) is 0. The van der Waals surface area contributed by atoms with Crippen molar-refractivity contribution < 1.29 is 4.74 Å². The molecule has 3 saturated heterocycles. The monoisotopic (exact) mass is 399 g/mol. The Morgan fingerprint density at radius 2 is 1.69 bits per heavy atom. The van der Waals surface area contributed by atoms with Gasteiger partial charge in [-0.15, -0.1) is 0 Å². The van der Waals surface area contributed by atoms with Crippen LogP contribution in [0, 0.1) is 5.92 Å². The standard InChI is InChI=1S/C25H41N3O/c1-3-8-23(9-4-1)12-16-27-17-18-28-20-24(10-11-25(28)21-27)22-29-19-7-15-26-13-5-2-6-14-26/h1,3-4,8-9,24-25H,2,5-7,10-22H2/t24-,25-/m1/s1. The second-order valence-corrected chi connectivity index (χ2v) is 9.46. The van der Waals surface area contributed by atoms with Gasteiger partial charge in [0.15, 0.2) is 0 Å². The van der Waals surface area contributed by atoms with Crippen LogP contribution in [-0.4, -0.2) is 86.3 Å². The molecule has 0 aliphatic carbocycles. The minimum atomic E-state index is 0.747. The number of likely N-dealkylation sites (tertiary alicyclic amines) is 1. The summed E-state index contributed by atoms with van der Waals surface area (Å²) in [5.41, 5.74) is 1.47. The van der Waals surface area contributed by atoms with Gasteiger partial charge < -0.3 is 14.5 Å². The Labute approximate surface area is 178 Å². The molecule has 0 spiro atoms. The van der Waals surface area contributed by atoms with Gasteiger partial charge in [-0.1, -0.05) is 36.8 Å². The second-order valence-electron chi connectivity index (χ2n) is 9.46. The van der Waals surface area contributed by atoms with E-state index >= 15 is 0 Å². The molecule has 1 aromatic rings. The van der Waals surface area contributed by atoms with Crippen molar-refractivity contribution in [3.05, 3.63) is 35.9 Å². The summed E-state index contributed by atoms with van der Waals surface area (Å²) in [5, 5.41) is 0. The van der Waals surface area contributed by atoms with Gasteiger partial charge in [0.25, 0.3) is 0 Å². The summed E-state index contributed by atoms with van der Waals surface area (Å²) in [5.74, 6) is 0.747. The summed E-state index contributed by atoms with van der Waals surface area (Å²) in [6.45, 7) is 12.0. The lowest BCUT2D eigenvalue weighted by Crippen LogP contribution is -2.57. The Hall–Kier alpha value is -0.940. The van der Waals surface area contributed by atoms with Gasteiger partial charge in [0.1, 0.15) is 0 Å². The van der Waals surface area contributed by atoms with Crippen LogP contribution in [0.2, 0.25) is 0 Å². The Balaban J connectivity index is 1.08. The number of nitrogens with zero attached hydrogens (tertiary/aromatic N) is 3. The minimum absolute atomic E-state index is 0.747. The van der Waals surface area contributed by atoms with E-state index < -0.39 is 0 Å². The van der Waals surface area contributed by atoms with Gasteiger partial charge in [0.05, 0.1) is 6.61 Å². The van der Waals surface area contributed by atoms with Crippen LogP contribution in [0.1, 0.15) is 44.1 Å². The van der Waals surface area contributed by atoms with E-state index in [1.54, 1.807) is 0 Å². The molecule has 0 amide bonds. The first kappa shape index (κ1) is 21.3. The zero-order valence-electron chi connectivity index (χ0n) is 18.3. The molecule has 4 nitrogen and oxygen atoms in total. The van der Waals surface area contributed by atoms with Gasteiger partial charge in [-0.3, -0.25) is 4.90 Å². The quantitative estimate of drug-likeness (QED) is 0.592. The highest BCUT2D eigenvalue weighted by molar-refractivity contribution is 5.14. The maximum absolute atomic E-state index is 6.09. The fraction of sp³-hybridized carbons (Fsp3) is 0.760. The molecule has 4 rings (SSSR count). The molecule has 3 aliphatic heterocycles. The van der Waals surface area contributed by atoms with E-state index in [0.717, 1.165) is 25.2 Å². The Bertz CT molecular complexity index is 575. The third-order valence-corrected chi connectivity index (χ3v) is 7.21. The lowest BCUT2D eigenvalue weighted by molar-refractivity contribution is -0.000957. The van der Waals surface area contributed by atoms with Crippen molar-refractivity contribution in [2.45, 2.75) is 51.0 Å². The first-order valence-corrected chi connectivity index (χ1v) is 12.2. The largest absolute Gasteiger partial charge is 0.381 e. The van der Waals surface area contributed by atoms with Gasteiger partial charge in [-0.05, 0) is 63.1 Å². The van der Waals surface area contributed by atoms with Crippen LogP contribution in [0.25, 0.3) is 0 Å². The number of hydrogen-bond acceptors (Lipinski definition) is 4. The predicted octanol–water partition coefficient (Wildman–Crippen LogP) is 3.52. The number of rotatable bonds is 9. The summed E-state index contributed by atoms with van der Waals surface area (Å²) in [6.07, 6.45) is 9.30. The molecule has 4 heteroatoms. The van der Waals surface area contributed by atoms with Crippen LogP contribution in [-0.2, 0) is 11.2 Å². The molecule has 1 aromatic carbocycles. The van der Waals surface area contributed by atoms with E-state index in [0.29, 0.717) is 0 Å². The summed E-state index contributed by atoms with van der Waals surface area (Å²) in [4.78, 5) is 8.06. The topological polar surface area (TPSA) is 19.0 Å². The van der Waals surface area contributed by atoms with Gasteiger partial charge in [-0.25, -0.2) is 0 Å². The summed E-state index contributed by atoms with van der Waals surface area (Å²) >= 11 is 0. The second kappa shape index (κ2) is 11.5. The number of ether oxygens (including phenoxy) is 1. The molecular weight excluding hydrogens is 358 g/mol. The fourth-order valence-corrected chi connectivity index (χ4v) is 5.42. The van der Waals surface area contributed by atoms with Crippen molar-refractivity contribution in [2.24, 2.45) is 5.92 Å². The predicted molar refractivity (Wildman–Crippen MR) is 120 cm³/mol. The van der Waals surface area contributed by atoms with Crippen LogP contribution in [0.4, 0.5) is 0 Å². The van der Waals surface area contributed by atoms with Crippen LogP contribution >= 0.6 is 0 Å². The minimum Gasteiger partial charge on any atom is -0.381 e. The fourth-order valence-electron chi connectivity index (χ4n) is 5.42. The van der Waals surface area contributed by atoms with E-state index in [1.165, 1.54) is 103 Å². The number of piperidine rings is 2. The third kappa shape index (κ3) is 6.78. The normalized spacial score (nSPS) is 27.0. The molecule has 162 valence electrons. The highest BCUT2D eigenvalue weighted by atomic mass is 16.5. The van der Waals surface area contributed by atoms with Gasteiger partial charge >= 0.3 is 0 Å². The molecule has 0 bridgehead atoms. The van der Waals surface area contributed by atoms with Gasteiger partial charge in [-0.2, -0.15) is 0 Å². The van der Waals surface area contributed by atoms with Crippen molar-refractivity contribution in [1.29, 1.82) is 0 Å². The first-order valence-electron chi connectivity index (χ1n) is 12.2. The molecule has 3 heterocycles. The highest BCUT2D eigenvalue weighted by Gasteiger charge is 2.32. The van der Waals surface area contributed by atoms with Crippen molar-refractivity contribution in [3.8, 4) is 0 Å². The number of piperazine rings is 1. The molecular formula is C25H41N3O. The zero-order chi connectivity index (χ0) is 19.7. The maximum atomic E-state index is 6.09. The van der Waals surface area contributed by atoms with Crippen molar-refractivity contribution >= 4 is 0 Å². The van der Waals surface area contributed by atoms with E-state index in [-0.39, 0.29) is 0 Å². The van der Waals surface area contributed by atoms with Crippen LogP contribution in [0.15, 0.2) is 30.3 Å². The molecule has 29 heavy (non-hydrogen) atoms. The molecule has 0 N–H and O–H groups in total. The Morgan fingerprint density at radius 1 is 0.828 bits per heavy atom. The average Bonchev–Trinajstić information content (AvgIpc) is 2.79. The van der Waals surface area contributed by atoms with Crippen molar-refractivity contribution in [3.63, 3.8) is 0 Å². The molecule has 3 fully saturated rings. The zero-order valence-corrected chi connectivity index (χ0v) is 18.3. The number of hydrogen-bond donors (Lipinski definition) is 0. The van der Waals surface area contributed by atoms with Crippen molar-refractivity contribution in [2.75, 3.05) is 65.6 Å². The van der Waals surface area contributed by atoms with Crippen LogP contribution in [0.3, 0.4) is 0 Å². The molecule has 2 atom stereocenters. The highest BCUT2D eigenvalue weighted by Crippen LogP contribution is 2.25. The van der Waals surface area contributed by atoms with Gasteiger partial charge in [0, 0.05) is 51.9 Å². The summed E-state index contributed by atoms with van der Waals surface area (Å²) < 4.78 is 6.09. The Kier molecular flexibility index (Phi) is 8.41. The number of benzene rings is 1. The SMILES string of the molecule is c1ccc(CCN2CCN3C[C@H](COCCCN4CCCCC4)CC[C@@H]3C2)cc1. The molecule has 3 aliphatic rings. The van der Waals surface area contributed by atoms with E-state index in [1.807, 2.05) is 0 Å². The van der Waals surface area contributed by atoms with Crippen LogP contribution in [0.5, 0.6) is 0 Å². The number of fused-ring (bicyclic) bond motifs is 1. The maximum Gasteiger partial charge on any atom is 0.0506 e. The third-order valence-electron chi connectivity index (χ3n) is 7.21. The summed E-state index contributed by atoms with van der Waals surface area (Å²) in [6, 6.07) is 11.7. The van der Waals surface area contributed by atoms with E-state index in [9.17, 15) is 0 Å². The molecule has 0 radical (unpaired) electrons.